The number of unbranched alkanes of at least 4 members (excludes halogenated alkanes) is 1. The smallest absolute Gasteiger partial charge is 0.321 e. The minimum Gasteiger partial charge on any atom is -0.324 e. The lowest BCUT2D eigenvalue weighted by atomic mass is 9.98. The van der Waals surface area contributed by atoms with Crippen molar-refractivity contribution in [1.29, 1.82) is 0 Å². The van der Waals surface area contributed by atoms with Crippen LogP contribution in [0.25, 0.3) is 0 Å². The van der Waals surface area contributed by atoms with Crippen molar-refractivity contribution < 1.29 is 4.79 Å². The molecule has 1 aromatic carbocycles. The number of nitrogens with one attached hydrogen (secondary N) is 1. The van der Waals surface area contributed by atoms with Crippen molar-refractivity contribution in [3.63, 3.8) is 0 Å². The average Bonchev–Trinajstić information content (AvgIpc) is 2.36. The number of anilines is 1. The minimum absolute atomic E-state index is 0.0504. The third kappa shape index (κ3) is 2.64. The summed E-state index contributed by atoms with van der Waals surface area (Å²) in [7, 11) is 1.79. The quantitative estimate of drug-likeness (QED) is 0.859. The first-order valence-corrected chi connectivity index (χ1v) is 6.52. The van der Waals surface area contributed by atoms with E-state index in [1.807, 2.05) is 12.1 Å². The van der Waals surface area contributed by atoms with Crippen molar-refractivity contribution in [2.45, 2.75) is 38.8 Å². The van der Waals surface area contributed by atoms with Gasteiger partial charge in [0.15, 0.2) is 0 Å². The number of hydrogen-bond acceptors (Lipinski definition) is 2. The first-order chi connectivity index (χ1) is 8.61. The number of carbonyl (C=O) groups is 1. The summed E-state index contributed by atoms with van der Waals surface area (Å²) in [6, 6.07) is 6.14. The van der Waals surface area contributed by atoms with Crippen molar-refractivity contribution in [1.82, 2.24) is 4.90 Å². The molecule has 4 heteroatoms. The van der Waals surface area contributed by atoms with E-state index in [0.717, 1.165) is 36.1 Å². The molecule has 0 fully saturated rings. The van der Waals surface area contributed by atoms with Crippen LogP contribution < -0.4 is 11.1 Å². The number of rotatable bonds is 4. The van der Waals surface area contributed by atoms with E-state index < -0.39 is 0 Å². The number of amides is 2. The van der Waals surface area contributed by atoms with Gasteiger partial charge in [-0.1, -0.05) is 31.9 Å². The van der Waals surface area contributed by atoms with Gasteiger partial charge in [0.1, 0.15) is 0 Å². The van der Waals surface area contributed by atoms with Crippen LogP contribution in [0.15, 0.2) is 18.2 Å². The summed E-state index contributed by atoms with van der Waals surface area (Å²) < 4.78 is 0. The zero-order valence-corrected chi connectivity index (χ0v) is 11.1. The fourth-order valence-corrected chi connectivity index (χ4v) is 2.23. The molecule has 4 nitrogen and oxygen atoms in total. The van der Waals surface area contributed by atoms with E-state index in [1.54, 1.807) is 11.9 Å². The molecular formula is C14H21N3O. The summed E-state index contributed by atoms with van der Waals surface area (Å²) >= 11 is 0. The molecule has 1 atom stereocenters. The summed E-state index contributed by atoms with van der Waals surface area (Å²) in [5.74, 6) is 0. The molecule has 0 aliphatic carbocycles. The molecule has 0 saturated heterocycles. The second kappa shape index (κ2) is 5.40. The van der Waals surface area contributed by atoms with E-state index in [2.05, 4.69) is 18.3 Å². The zero-order valence-electron chi connectivity index (χ0n) is 11.1. The number of carbonyl (C=O) groups excluding carboxylic acids is 1. The number of benzene rings is 1. The highest BCUT2D eigenvalue weighted by atomic mass is 16.2. The third-order valence-corrected chi connectivity index (χ3v) is 3.42. The van der Waals surface area contributed by atoms with E-state index in [-0.39, 0.29) is 12.1 Å². The van der Waals surface area contributed by atoms with Crippen LogP contribution in [-0.2, 0) is 6.54 Å². The fourth-order valence-electron chi connectivity index (χ4n) is 2.23. The van der Waals surface area contributed by atoms with Crippen molar-refractivity contribution in [2.75, 3.05) is 12.4 Å². The van der Waals surface area contributed by atoms with Gasteiger partial charge < -0.3 is 16.0 Å². The Morgan fingerprint density at radius 3 is 3.00 bits per heavy atom. The molecule has 0 saturated carbocycles. The minimum atomic E-state index is -0.0504. The van der Waals surface area contributed by atoms with Gasteiger partial charge in [-0.2, -0.15) is 0 Å². The average molecular weight is 247 g/mol. The predicted molar refractivity (Wildman–Crippen MR) is 73.4 cm³/mol. The zero-order chi connectivity index (χ0) is 13.1. The monoisotopic (exact) mass is 247 g/mol. The Morgan fingerprint density at radius 1 is 1.50 bits per heavy atom. The van der Waals surface area contributed by atoms with Gasteiger partial charge in [-0.25, -0.2) is 4.79 Å². The summed E-state index contributed by atoms with van der Waals surface area (Å²) in [5.41, 5.74) is 9.38. The van der Waals surface area contributed by atoms with Crippen molar-refractivity contribution in [2.24, 2.45) is 5.73 Å². The second-order valence-corrected chi connectivity index (χ2v) is 4.95. The van der Waals surface area contributed by atoms with Crippen LogP contribution in [0.4, 0.5) is 10.5 Å². The van der Waals surface area contributed by atoms with E-state index in [9.17, 15) is 4.79 Å². The number of nitrogens with two attached hydrogens (primary N) is 1. The van der Waals surface area contributed by atoms with Gasteiger partial charge in [-0.15, -0.1) is 0 Å². The first-order valence-electron chi connectivity index (χ1n) is 6.52. The molecule has 0 spiro atoms. The normalized spacial score (nSPS) is 16.2. The van der Waals surface area contributed by atoms with Gasteiger partial charge in [0, 0.05) is 25.3 Å². The Bertz CT molecular complexity index is 445. The largest absolute Gasteiger partial charge is 0.324 e. The summed E-state index contributed by atoms with van der Waals surface area (Å²) in [5, 5.41) is 2.87. The van der Waals surface area contributed by atoms with Crippen molar-refractivity contribution >= 4 is 11.7 Å². The van der Waals surface area contributed by atoms with Gasteiger partial charge in [-0.05, 0) is 23.6 Å². The molecular weight excluding hydrogens is 226 g/mol. The highest BCUT2D eigenvalue weighted by molar-refractivity contribution is 5.92. The standard InChI is InChI=1S/C14H21N3O/c1-3-4-5-12(15)10-6-7-13-11(8-10)9-17(2)14(18)16-13/h6-8,12H,3-5,9,15H2,1-2H3,(H,16,18). The molecule has 1 aliphatic rings. The maximum absolute atomic E-state index is 11.5. The van der Waals surface area contributed by atoms with Crippen LogP contribution in [0.2, 0.25) is 0 Å². The lowest BCUT2D eigenvalue weighted by molar-refractivity contribution is 0.218. The maximum atomic E-state index is 11.5. The van der Waals surface area contributed by atoms with Crippen LogP contribution in [-0.4, -0.2) is 18.0 Å². The van der Waals surface area contributed by atoms with Crippen LogP contribution in [0.5, 0.6) is 0 Å². The van der Waals surface area contributed by atoms with Crippen LogP contribution in [0.1, 0.15) is 43.4 Å². The van der Waals surface area contributed by atoms with Crippen molar-refractivity contribution in [3.05, 3.63) is 29.3 Å². The number of urea groups is 1. The lowest BCUT2D eigenvalue weighted by Crippen LogP contribution is -2.35. The number of hydrogen-bond donors (Lipinski definition) is 2. The highest BCUT2D eigenvalue weighted by Crippen LogP contribution is 2.27. The van der Waals surface area contributed by atoms with E-state index in [4.69, 9.17) is 5.73 Å². The molecule has 3 N–H and O–H groups in total. The Hall–Kier alpha value is -1.55. The van der Waals surface area contributed by atoms with Gasteiger partial charge in [0.05, 0.1) is 0 Å². The van der Waals surface area contributed by atoms with Gasteiger partial charge in [-0.3, -0.25) is 0 Å². The second-order valence-electron chi connectivity index (χ2n) is 4.95. The van der Waals surface area contributed by atoms with Crippen LogP contribution in [0.3, 0.4) is 0 Å². The Labute approximate surface area is 108 Å². The molecule has 1 aliphatic heterocycles. The Kier molecular flexibility index (Phi) is 3.87. The first kappa shape index (κ1) is 12.9. The third-order valence-electron chi connectivity index (χ3n) is 3.42. The molecule has 2 amide bonds. The van der Waals surface area contributed by atoms with Gasteiger partial charge in [0.25, 0.3) is 0 Å². The Balaban J connectivity index is 2.17. The lowest BCUT2D eigenvalue weighted by Gasteiger charge is -2.27. The maximum Gasteiger partial charge on any atom is 0.321 e. The molecule has 2 rings (SSSR count). The summed E-state index contributed by atoms with van der Waals surface area (Å²) in [6.07, 6.45) is 3.32. The molecule has 98 valence electrons. The van der Waals surface area contributed by atoms with E-state index in [0.29, 0.717) is 6.54 Å². The van der Waals surface area contributed by atoms with Gasteiger partial charge >= 0.3 is 6.03 Å². The molecule has 1 heterocycles. The Morgan fingerprint density at radius 2 is 2.28 bits per heavy atom. The molecule has 1 unspecified atom stereocenters. The SMILES string of the molecule is CCCCC(N)c1ccc2c(c1)CN(C)C(=O)N2. The van der Waals surface area contributed by atoms with Crippen LogP contribution >= 0.6 is 0 Å². The number of fused-ring (bicyclic) bond motifs is 1. The van der Waals surface area contributed by atoms with Gasteiger partial charge in [0.2, 0.25) is 0 Å². The van der Waals surface area contributed by atoms with Crippen LogP contribution in [0, 0.1) is 0 Å². The highest BCUT2D eigenvalue weighted by Gasteiger charge is 2.20. The molecule has 0 radical (unpaired) electrons. The van der Waals surface area contributed by atoms with E-state index >= 15 is 0 Å². The summed E-state index contributed by atoms with van der Waals surface area (Å²) in [4.78, 5) is 13.2. The fraction of sp³-hybridized carbons (Fsp3) is 0.500. The topological polar surface area (TPSA) is 58.4 Å². The molecule has 0 bridgehead atoms. The van der Waals surface area contributed by atoms with E-state index in [1.165, 1.54) is 0 Å². The number of nitrogens with zero attached hydrogens (tertiary/aromatic N) is 1. The predicted octanol–water partition coefficient (Wildman–Crippen LogP) is 2.85. The summed E-state index contributed by atoms with van der Waals surface area (Å²) in [6.45, 7) is 2.82. The molecule has 1 aromatic rings. The van der Waals surface area contributed by atoms with Crippen molar-refractivity contribution in [3.8, 4) is 0 Å². The molecule has 0 aromatic heterocycles. The molecule has 18 heavy (non-hydrogen) atoms.